The highest BCUT2D eigenvalue weighted by Gasteiger charge is 2.22. The van der Waals surface area contributed by atoms with Gasteiger partial charge in [-0.2, -0.15) is 4.39 Å². The molecule has 92 valence electrons. The second-order valence-corrected chi connectivity index (χ2v) is 3.01. The van der Waals surface area contributed by atoms with Crippen molar-refractivity contribution < 1.29 is 28.6 Å². The Morgan fingerprint density at radius 1 is 1.47 bits per heavy atom. The summed E-state index contributed by atoms with van der Waals surface area (Å²) in [7, 11) is 0. The molecule has 0 aliphatic carbocycles. The number of pyridine rings is 1. The minimum atomic E-state index is -1.59. The number of amides is 1. The number of halogens is 2. The molecule has 1 aromatic rings. The van der Waals surface area contributed by atoms with E-state index in [1.165, 1.54) is 0 Å². The summed E-state index contributed by atoms with van der Waals surface area (Å²) >= 11 is 0. The molecule has 1 heterocycles. The lowest BCUT2D eigenvalue weighted by atomic mass is 10.2. The van der Waals surface area contributed by atoms with Crippen LogP contribution in [0.25, 0.3) is 0 Å². The number of aliphatic hydroxyl groups is 1. The van der Waals surface area contributed by atoms with Crippen molar-refractivity contribution in [1.29, 1.82) is 0 Å². The van der Waals surface area contributed by atoms with Gasteiger partial charge in [-0.25, -0.2) is 14.2 Å². The molecule has 0 aliphatic heterocycles. The average Bonchev–Trinajstić information content (AvgIpc) is 2.28. The van der Waals surface area contributed by atoms with E-state index >= 15 is 0 Å². The van der Waals surface area contributed by atoms with E-state index < -0.39 is 41.9 Å². The lowest BCUT2D eigenvalue weighted by Gasteiger charge is -2.11. The average molecular weight is 246 g/mol. The van der Waals surface area contributed by atoms with E-state index in [9.17, 15) is 18.4 Å². The van der Waals surface area contributed by atoms with Crippen LogP contribution >= 0.6 is 0 Å². The largest absolute Gasteiger partial charge is 0.480 e. The molecule has 0 radical (unpaired) electrons. The van der Waals surface area contributed by atoms with Crippen LogP contribution in [-0.2, 0) is 4.79 Å². The van der Waals surface area contributed by atoms with Crippen molar-refractivity contribution in [2.45, 2.75) is 6.04 Å². The van der Waals surface area contributed by atoms with Crippen LogP contribution in [0, 0.1) is 11.8 Å². The monoisotopic (exact) mass is 246 g/mol. The molecule has 0 aromatic carbocycles. The lowest BCUT2D eigenvalue weighted by molar-refractivity contribution is -0.140. The van der Waals surface area contributed by atoms with E-state index in [0.717, 1.165) is 12.3 Å². The van der Waals surface area contributed by atoms with E-state index in [0.29, 0.717) is 0 Å². The minimum Gasteiger partial charge on any atom is -0.480 e. The highest BCUT2D eigenvalue weighted by atomic mass is 19.2. The van der Waals surface area contributed by atoms with Crippen LogP contribution in [0.3, 0.4) is 0 Å². The Kier molecular flexibility index (Phi) is 4.05. The number of carbonyl (C=O) groups is 2. The van der Waals surface area contributed by atoms with Crippen LogP contribution in [-0.4, -0.2) is 39.7 Å². The molecule has 1 atom stereocenters. The summed E-state index contributed by atoms with van der Waals surface area (Å²) in [6.45, 7) is -0.865. The molecule has 0 saturated heterocycles. The van der Waals surface area contributed by atoms with Crippen LogP contribution in [0.2, 0.25) is 0 Å². The Bertz CT molecular complexity index is 453. The third-order valence-electron chi connectivity index (χ3n) is 1.88. The lowest BCUT2D eigenvalue weighted by Crippen LogP contribution is -2.43. The molecule has 1 amide bonds. The number of hydrogen-bond acceptors (Lipinski definition) is 4. The first-order valence-corrected chi connectivity index (χ1v) is 4.42. The molecule has 17 heavy (non-hydrogen) atoms. The van der Waals surface area contributed by atoms with Gasteiger partial charge < -0.3 is 15.5 Å². The summed E-state index contributed by atoms with van der Waals surface area (Å²) in [5.74, 6) is -5.58. The molecule has 0 saturated carbocycles. The van der Waals surface area contributed by atoms with Crippen LogP contribution in [0.15, 0.2) is 12.3 Å². The van der Waals surface area contributed by atoms with Gasteiger partial charge in [0.15, 0.2) is 11.9 Å². The molecular formula is C9H8F2N2O4. The van der Waals surface area contributed by atoms with Crippen molar-refractivity contribution in [1.82, 2.24) is 10.3 Å². The second-order valence-electron chi connectivity index (χ2n) is 3.01. The molecular weight excluding hydrogens is 238 g/mol. The Balaban J connectivity index is 2.90. The van der Waals surface area contributed by atoms with Crippen molar-refractivity contribution in [3.05, 3.63) is 29.6 Å². The van der Waals surface area contributed by atoms with E-state index in [2.05, 4.69) is 4.98 Å². The molecule has 0 bridgehead atoms. The first kappa shape index (κ1) is 13.0. The summed E-state index contributed by atoms with van der Waals surface area (Å²) in [6.07, 6.45) is 0.863. The summed E-state index contributed by atoms with van der Waals surface area (Å²) in [5.41, 5.74) is -0.683. The number of nitrogens with one attached hydrogen (secondary N) is 1. The Morgan fingerprint density at radius 3 is 2.65 bits per heavy atom. The number of nitrogens with zero attached hydrogens (tertiary/aromatic N) is 1. The number of hydrogen-bond donors (Lipinski definition) is 3. The molecule has 3 N–H and O–H groups in total. The standard InChI is InChI=1S/C9H8F2N2O4/c10-6-4(1-2-12-7(6)11)8(15)13-5(3-14)9(16)17/h1-2,5,14H,3H2,(H,13,15)(H,16,17)/t5-/m1/s1. The molecule has 0 unspecified atom stereocenters. The van der Waals surface area contributed by atoms with E-state index in [1.807, 2.05) is 5.32 Å². The van der Waals surface area contributed by atoms with E-state index in [-0.39, 0.29) is 0 Å². The van der Waals surface area contributed by atoms with Crippen LogP contribution in [0.4, 0.5) is 8.78 Å². The summed E-state index contributed by atoms with van der Waals surface area (Å²) in [6, 6.07) is -0.692. The highest BCUT2D eigenvalue weighted by Crippen LogP contribution is 2.08. The molecule has 1 aromatic heterocycles. The van der Waals surface area contributed by atoms with Crippen LogP contribution in [0.5, 0.6) is 0 Å². The van der Waals surface area contributed by atoms with Gasteiger partial charge in [0.05, 0.1) is 12.2 Å². The number of carboxylic acids is 1. The van der Waals surface area contributed by atoms with Crippen LogP contribution < -0.4 is 5.32 Å². The normalized spacial score (nSPS) is 11.9. The van der Waals surface area contributed by atoms with Crippen molar-refractivity contribution >= 4 is 11.9 Å². The molecule has 0 aliphatic rings. The first-order chi connectivity index (χ1) is 7.97. The van der Waals surface area contributed by atoms with Crippen molar-refractivity contribution in [2.75, 3.05) is 6.61 Å². The summed E-state index contributed by atoms with van der Waals surface area (Å²) in [5, 5.41) is 19.0. The highest BCUT2D eigenvalue weighted by molar-refractivity contribution is 5.96. The number of aliphatic hydroxyl groups excluding tert-OH is 1. The van der Waals surface area contributed by atoms with Crippen LogP contribution in [0.1, 0.15) is 10.4 Å². The quantitative estimate of drug-likeness (QED) is 0.624. The topological polar surface area (TPSA) is 99.5 Å². The Labute approximate surface area is 93.9 Å². The molecule has 0 spiro atoms. The van der Waals surface area contributed by atoms with Gasteiger partial charge in [-0.15, -0.1) is 0 Å². The van der Waals surface area contributed by atoms with E-state index in [1.54, 1.807) is 0 Å². The Hall–Kier alpha value is -2.09. The van der Waals surface area contributed by atoms with Gasteiger partial charge in [0.2, 0.25) is 5.95 Å². The molecule has 1 rings (SSSR count). The fourth-order valence-electron chi connectivity index (χ4n) is 1.02. The third-order valence-corrected chi connectivity index (χ3v) is 1.88. The van der Waals surface area contributed by atoms with Gasteiger partial charge in [0.1, 0.15) is 0 Å². The maximum Gasteiger partial charge on any atom is 0.328 e. The Morgan fingerprint density at radius 2 is 2.12 bits per heavy atom. The minimum absolute atomic E-state index is 0.683. The van der Waals surface area contributed by atoms with Gasteiger partial charge in [0, 0.05) is 6.20 Å². The number of aromatic nitrogens is 1. The first-order valence-electron chi connectivity index (χ1n) is 4.42. The molecule has 8 heteroatoms. The fourth-order valence-corrected chi connectivity index (χ4v) is 1.02. The van der Waals surface area contributed by atoms with Crippen molar-refractivity contribution in [3.8, 4) is 0 Å². The molecule has 6 nitrogen and oxygen atoms in total. The third kappa shape index (κ3) is 2.94. The van der Waals surface area contributed by atoms with Crippen molar-refractivity contribution in [2.24, 2.45) is 0 Å². The van der Waals surface area contributed by atoms with Gasteiger partial charge in [0.25, 0.3) is 5.91 Å². The number of carboxylic acid groups (broad SMARTS) is 1. The zero-order valence-electron chi connectivity index (χ0n) is 8.35. The zero-order chi connectivity index (χ0) is 13.0. The summed E-state index contributed by atoms with van der Waals surface area (Å²) in [4.78, 5) is 24.8. The second kappa shape index (κ2) is 5.30. The van der Waals surface area contributed by atoms with Gasteiger partial charge in [-0.3, -0.25) is 4.79 Å². The maximum atomic E-state index is 13.1. The maximum absolute atomic E-state index is 13.1. The number of aliphatic carboxylic acids is 1. The predicted octanol–water partition coefficient (Wildman–Crippen LogP) is -0.465. The number of rotatable bonds is 4. The zero-order valence-corrected chi connectivity index (χ0v) is 8.35. The molecule has 0 fully saturated rings. The summed E-state index contributed by atoms with van der Waals surface area (Å²) < 4.78 is 25.8. The van der Waals surface area contributed by atoms with Gasteiger partial charge >= 0.3 is 5.97 Å². The van der Waals surface area contributed by atoms with Gasteiger partial charge in [-0.1, -0.05) is 0 Å². The number of carbonyl (C=O) groups excluding carboxylic acids is 1. The van der Waals surface area contributed by atoms with Crippen molar-refractivity contribution in [3.63, 3.8) is 0 Å². The predicted molar refractivity (Wildman–Crippen MR) is 50.1 cm³/mol. The van der Waals surface area contributed by atoms with Gasteiger partial charge in [-0.05, 0) is 6.07 Å². The fraction of sp³-hybridized carbons (Fsp3) is 0.222. The van der Waals surface area contributed by atoms with E-state index in [4.69, 9.17) is 10.2 Å². The SMILES string of the molecule is O=C(N[C@H](CO)C(=O)O)c1ccnc(F)c1F. The smallest absolute Gasteiger partial charge is 0.328 e.